The Labute approximate surface area is 111 Å². The highest BCUT2D eigenvalue weighted by molar-refractivity contribution is 6.84. The van der Waals surface area contributed by atoms with Crippen LogP contribution < -0.4 is 9.61 Å². The molecule has 2 rings (SSSR count). The maximum Gasteiger partial charge on any atom is 0.276 e. The van der Waals surface area contributed by atoms with Crippen LogP contribution >= 0.6 is 0 Å². The first kappa shape index (κ1) is 12.9. The number of hydrogen-bond donors (Lipinski definition) is 0. The lowest BCUT2D eigenvalue weighted by molar-refractivity contribution is 0.563. The first-order valence-corrected chi connectivity index (χ1v) is 9.21. The normalized spacial score (nSPS) is 11.3. The minimum atomic E-state index is -1.87. The summed E-state index contributed by atoms with van der Waals surface area (Å²) >= 11 is 0. The van der Waals surface area contributed by atoms with Gasteiger partial charge in [0.25, 0.3) is 8.32 Å². The predicted molar refractivity (Wildman–Crippen MR) is 80.1 cm³/mol. The van der Waals surface area contributed by atoms with E-state index in [0.29, 0.717) is 0 Å². The van der Waals surface area contributed by atoms with E-state index in [0.717, 1.165) is 5.75 Å². The van der Waals surface area contributed by atoms with Gasteiger partial charge in [-0.3, -0.25) is 0 Å². The largest absolute Gasteiger partial charge is 0.540 e. The Morgan fingerprint density at radius 1 is 0.833 bits per heavy atom. The zero-order valence-corrected chi connectivity index (χ0v) is 12.5. The standard InChI is InChI=1S/C16H20OSi/c1-13-10-14(2)12-15(11-13)17-18(3,4)16-8-6-5-7-9-16/h5-12H,1-4H3. The van der Waals surface area contributed by atoms with Crippen molar-refractivity contribution in [2.75, 3.05) is 0 Å². The van der Waals surface area contributed by atoms with Crippen LogP contribution in [0.5, 0.6) is 5.75 Å². The fourth-order valence-electron chi connectivity index (χ4n) is 2.18. The minimum Gasteiger partial charge on any atom is -0.540 e. The molecule has 0 radical (unpaired) electrons. The highest BCUT2D eigenvalue weighted by Crippen LogP contribution is 2.20. The van der Waals surface area contributed by atoms with Crippen LogP contribution in [0.4, 0.5) is 0 Å². The van der Waals surface area contributed by atoms with Crippen LogP contribution in [-0.4, -0.2) is 8.32 Å². The maximum atomic E-state index is 6.29. The third-order valence-electron chi connectivity index (χ3n) is 3.04. The molecule has 0 aliphatic rings. The van der Waals surface area contributed by atoms with Crippen molar-refractivity contribution in [3.05, 3.63) is 59.7 Å². The summed E-state index contributed by atoms with van der Waals surface area (Å²) in [5.74, 6) is 0.994. The topological polar surface area (TPSA) is 9.23 Å². The van der Waals surface area contributed by atoms with E-state index in [1.54, 1.807) is 0 Å². The zero-order valence-electron chi connectivity index (χ0n) is 11.5. The van der Waals surface area contributed by atoms with Gasteiger partial charge in [-0.25, -0.2) is 0 Å². The molecule has 2 aromatic carbocycles. The van der Waals surface area contributed by atoms with Crippen LogP contribution in [0, 0.1) is 13.8 Å². The Morgan fingerprint density at radius 3 is 1.94 bits per heavy atom. The number of hydrogen-bond acceptors (Lipinski definition) is 1. The molecule has 0 heterocycles. The minimum absolute atomic E-state index is 0.994. The zero-order chi connectivity index (χ0) is 13.2. The second-order valence-corrected chi connectivity index (χ2v) is 9.10. The van der Waals surface area contributed by atoms with E-state index in [2.05, 4.69) is 69.4 Å². The van der Waals surface area contributed by atoms with Gasteiger partial charge in [0, 0.05) is 0 Å². The van der Waals surface area contributed by atoms with Crippen molar-refractivity contribution in [1.82, 2.24) is 0 Å². The summed E-state index contributed by atoms with van der Waals surface area (Å²) in [5.41, 5.74) is 2.51. The Bertz CT molecular complexity index is 512. The molecule has 18 heavy (non-hydrogen) atoms. The monoisotopic (exact) mass is 256 g/mol. The van der Waals surface area contributed by atoms with Crippen molar-refractivity contribution in [2.45, 2.75) is 26.9 Å². The van der Waals surface area contributed by atoms with Crippen molar-refractivity contribution in [3.63, 3.8) is 0 Å². The van der Waals surface area contributed by atoms with E-state index in [1.165, 1.54) is 16.3 Å². The van der Waals surface area contributed by atoms with Crippen molar-refractivity contribution < 1.29 is 4.43 Å². The molecule has 94 valence electrons. The molecule has 2 heteroatoms. The average molecular weight is 256 g/mol. The van der Waals surface area contributed by atoms with Crippen molar-refractivity contribution in [1.29, 1.82) is 0 Å². The summed E-state index contributed by atoms with van der Waals surface area (Å²) in [6, 6.07) is 16.9. The summed E-state index contributed by atoms with van der Waals surface area (Å²) in [7, 11) is -1.87. The van der Waals surface area contributed by atoms with E-state index in [1.807, 2.05) is 6.07 Å². The fraction of sp³-hybridized carbons (Fsp3) is 0.250. The first-order chi connectivity index (χ1) is 8.47. The first-order valence-electron chi connectivity index (χ1n) is 6.30. The van der Waals surface area contributed by atoms with Gasteiger partial charge in [-0.05, 0) is 55.4 Å². The second kappa shape index (κ2) is 4.98. The summed E-state index contributed by atoms with van der Waals surface area (Å²) in [6.07, 6.45) is 0. The van der Waals surface area contributed by atoms with Crippen molar-refractivity contribution in [2.24, 2.45) is 0 Å². The molecule has 0 spiro atoms. The Morgan fingerprint density at radius 2 is 1.39 bits per heavy atom. The lowest BCUT2D eigenvalue weighted by atomic mass is 10.1. The summed E-state index contributed by atoms with van der Waals surface area (Å²) in [6.45, 7) is 8.69. The fourth-order valence-corrected chi connectivity index (χ4v) is 4.01. The predicted octanol–water partition coefficient (Wildman–Crippen LogP) is 3.79. The lowest BCUT2D eigenvalue weighted by Gasteiger charge is -2.25. The van der Waals surface area contributed by atoms with E-state index < -0.39 is 8.32 Å². The number of aryl methyl sites for hydroxylation is 2. The smallest absolute Gasteiger partial charge is 0.276 e. The van der Waals surface area contributed by atoms with Crippen molar-refractivity contribution in [3.8, 4) is 5.75 Å². The molecule has 0 saturated carbocycles. The Kier molecular flexibility index (Phi) is 3.57. The molecular weight excluding hydrogens is 236 g/mol. The third kappa shape index (κ3) is 3.02. The van der Waals surface area contributed by atoms with E-state index in [9.17, 15) is 0 Å². The van der Waals surface area contributed by atoms with Crippen LogP contribution in [-0.2, 0) is 0 Å². The highest BCUT2D eigenvalue weighted by atomic mass is 28.4. The number of benzene rings is 2. The van der Waals surface area contributed by atoms with Gasteiger partial charge in [0.05, 0.1) is 0 Å². The van der Waals surface area contributed by atoms with Crippen molar-refractivity contribution >= 4 is 13.5 Å². The molecule has 0 amide bonds. The molecule has 0 saturated heterocycles. The molecule has 0 fully saturated rings. The van der Waals surface area contributed by atoms with Crippen LogP contribution in [0.3, 0.4) is 0 Å². The van der Waals surface area contributed by atoms with Gasteiger partial charge < -0.3 is 4.43 Å². The lowest BCUT2D eigenvalue weighted by Crippen LogP contribution is -2.47. The molecule has 0 bridgehead atoms. The van der Waals surface area contributed by atoms with Crippen LogP contribution in [0.15, 0.2) is 48.5 Å². The Hall–Kier alpha value is -1.54. The molecule has 0 aliphatic heterocycles. The summed E-state index contributed by atoms with van der Waals surface area (Å²) < 4.78 is 6.29. The van der Waals surface area contributed by atoms with E-state index in [4.69, 9.17) is 4.43 Å². The van der Waals surface area contributed by atoms with Crippen LogP contribution in [0.2, 0.25) is 13.1 Å². The molecule has 0 aliphatic carbocycles. The molecule has 0 aromatic heterocycles. The second-order valence-electron chi connectivity index (χ2n) is 5.30. The van der Waals surface area contributed by atoms with Gasteiger partial charge in [-0.2, -0.15) is 0 Å². The molecule has 0 atom stereocenters. The van der Waals surface area contributed by atoms with E-state index >= 15 is 0 Å². The summed E-state index contributed by atoms with van der Waals surface area (Å²) in [5, 5.41) is 1.32. The molecular formula is C16H20OSi. The van der Waals surface area contributed by atoms with E-state index in [-0.39, 0.29) is 0 Å². The molecule has 1 nitrogen and oxygen atoms in total. The van der Waals surface area contributed by atoms with Gasteiger partial charge in [0.2, 0.25) is 0 Å². The molecule has 0 N–H and O–H groups in total. The maximum absolute atomic E-state index is 6.29. The Balaban J connectivity index is 2.27. The highest BCUT2D eigenvalue weighted by Gasteiger charge is 2.27. The van der Waals surface area contributed by atoms with Gasteiger partial charge in [-0.1, -0.05) is 36.4 Å². The van der Waals surface area contributed by atoms with Gasteiger partial charge in [0.1, 0.15) is 5.75 Å². The summed E-state index contributed by atoms with van der Waals surface area (Å²) in [4.78, 5) is 0. The number of rotatable bonds is 3. The average Bonchev–Trinajstić information content (AvgIpc) is 2.28. The van der Waals surface area contributed by atoms with Crippen LogP contribution in [0.1, 0.15) is 11.1 Å². The SMILES string of the molecule is Cc1cc(C)cc(O[Si](C)(C)c2ccccc2)c1. The molecule has 2 aromatic rings. The molecule has 0 unspecified atom stereocenters. The van der Waals surface area contributed by atoms with Crippen LogP contribution in [0.25, 0.3) is 0 Å². The van der Waals surface area contributed by atoms with Gasteiger partial charge in [0.15, 0.2) is 0 Å². The van der Waals surface area contributed by atoms with Gasteiger partial charge >= 0.3 is 0 Å². The van der Waals surface area contributed by atoms with Gasteiger partial charge in [-0.15, -0.1) is 0 Å². The quantitative estimate of drug-likeness (QED) is 0.759. The third-order valence-corrected chi connectivity index (χ3v) is 5.51.